The number of phenols is 1. The van der Waals surface area contributed by atoms with Crippen LogP contribution in [0.2, 0.25) is 0 Å². The number of Topliss-reactive ketones (excluding diaryl/α,β-unsaturated/α-hetero) is 1. The monoisotopic (exact) mass is 672 g/mol. The van der Waals surface area contributed by atoms with Gasteiger partial charge in [0.1, 0.15) is 47.7 Å². The van der Waals surface area contributed by atoms with Gasteiger partial charge in [0.05, 0.1) is 52.2 Å². The number of allylic oxidation sites excluding steroid dienone is 2. The third-order valence-electron chi connectivity index (χ3n) is 10.4. The molecular formula is C33H37ClN2O11. The maximum atomic E-state index is 12.2. The number of carbonyl (C=O) groups is 1. The number of carbonyl (C=O) groups excluding carboxylic acids is 1. The molecule has 1 spiro atoms. The molecule has 0 aromatic heterocycles. The first-order valence-corrected chi connectivity index (χ1v) is 15.7. The molecule has 6 aliphatic rings. The van der Waals surface area contributed by atoms with Gasteiger partial charge >= 0.3 is 0 Å². The van der Waals surface area contributed by atoms with Crippen molar-refractivity contribution in [1.82, 2.24) is 5.01 Å². The van der Waals surface area contributed by atoms with Gasteiger partial charge in [-0.1, -0.05) is 11.6 Å². The fourth-order valence-corrected chi connectivity index (χ4v) is 8.17. The highest BCUT2D eigenvalue weighted by atomic mass is 35.5. The van der Waals surface area contributed by atoms with Gasteiger partial charge in [0.15, 0.2) is 12.0 Å². The van der Waals surface area contributed by atoms with E-state index < -0.39 is 42.2 Å². The van der Waals surface area contributed by atoms with Crippen LogP contribution in [-0.4, -0.2) is 100 Å². The van der Waals surface area contributed by atoms with Crippen molar-refractivity contribution < 1.29 is 54.0 Å². The van der Waals surface area contributed by atoms with Gasteiger partial charge in [0, 0.05) is 62.7 Å². The number of ketones is 1. The molecule has 1 aromatic rings. The maximum Gasteiger partial charge on any atom is 0.177 e. The molecule has 0 radical (unpaired) electrons. The largest absolute Gasteiger partial charge is 0.507 e. The molecule has 1 aromatic carbocycles. The predicted molar refractivity (Wildman–Crippen MR) is 166 cm³/mol. The van der Waals surface area contributed by atoms with Gasteiger partial charge in [-0.15, -0.1) is 0 Å². The number of aliphatic hydroxyl groups excluding tert-OH is 4. The average molecular weight is 673 g/mol. The normalized spacial score (nSPS) is 33.5. The Hall–Kier alpha value is -3.27. The van der Waals surface area contributed by atoms with Crippen LogP contribution in [0.25, 0.3) is 10.6 Å². The van der Waals surface area contributed by atoms with Gasteiger partial charge < -0.3 is 49.2 Å². The van der Waals surface area contributed by atoms with Crippen molar-refractivity contribution in [3.05, 3.63) is 62.4 Å². The minimum Gasteiger partial charge on any atom is -0.507 e. The van der Waals surface area contributed by atoms with E-state index in [1.165, 1.54) is 33.1 Å². The second-order valence-corrected chi connectivity index (χ2v) is 13.2. The topological polar surface area (TPSA) is 180 Å². The number of hydrazone groups is 1. The number of ether oxygens (including phenoxy) is 5. The van der Waals surface area contributed by atoms with Crippen LogP contribution >= 0.6 is 11.6 Å². The number of benzene rings is 1. The van der Waals surface area contributed by atoms with Crippen molar-refractivity contribution >= 4 is 33.7 Å². The van der Waals surface area contributed by atoms with Crippen LogP contribution in [0.4, 0.5) is 0 Å². The number of phenolic OH excluding ortho intramolecular Hbond substituents is 1. The second-order valence-electron chi connectivity index (χ2n) is 12.8. The third-order valence-corrected chi connectivity index (χ3v) is 10.8. The Morgan fingerprint density at radius 1 is 1.17 bits per heavy atom. The summed E-state index contributed by atoms with van der Waals surface area (Å²) >= 11 is 6.82. The van der Waals surface area contributed by atoms with Crippen molar-refractivity contribution in [2.75, 3.05) is 27.6 Å². The minimum atomic E-state index is -1.53. The smallest absolute Gasteiger partial charge is 0.177 e. The van der Waals surface area contributed by atoms with E-state index in [2.05, 4.69) is 5.10 Å². The molecule has 3 heterocycles. The molecule has 7 atom stereocenters. The molecular weight excluding hydrogens is 636 g/mol. The lowest BCUT2D eigenvalue weighted by atomic mass is 9.59. The maximum absolute atomic E-state index is 12.2. The van der Waals surface area contributed by atoms with E-state index in [1.807, 2.05) is 0 Å². The van der Waals surface area contributed by atoms with Gasteiger partial charge in [-0.25, -0.2) is 5.01 Å². The van der Waals surface area contributed by atoms with Crippen LogP contribution in [0.15, 0.2) is 45.3 Å². The summed E-state index contributed by atoms with van der Waals surface area (Å²) in [6.45, 7) is 4.60. The molecule has 252 valence electrons. The molecule has 1 fully saturated rings. The highest BCUT2D eigenvalue weighted by molar-refractivity contribution is 6.49. The molecule has 47 heavy (non-hydrogen) atoms. The Bertz CT molecular complexity index is 1750. The first-order valence-electron chi connectivity index (χ1n) is 15.3. The highest BCUT2D eigenvalue weighted by Gasteiger charge is 2.58. The second kappa shape index (κ2) is 11.4. The quantitative estimate of drug-likeness (QED) is 0.296. The van der Waals surface area contributed by atoms with Gasteiger partial charge in [-0.05, 0) is 25.5 Å². The van der Waals surface area contributed by atoms with E-state index >= 15 is 0 Å². The third kappa shape index (κ3) is 4.48. The van der Waals surface area contributed by atoms with E-state index in [0.717, 1.165) is 0 Å². The van der Waals surface area contributed by atoms with Crippen molar-refractivity contribution in [2.24, 2.45) is 10.5 Å². The summed E-state index contributed by atoms with van der Waals surface area (Å²) in [6.07, 6.45) is -5.49. The fourth-order valence-electron chi connectivity index (χ4n) is 7.93. The lowest BCUT2D eigenvalue weighted by molar-refractivity contribution is -0.195. The summed E-state index contributed by atoms with van der Waals surface area (Å²) in [5, 5.41) is 64.3. The average Bonchev–Trinajstić information content (AvgIpc) is 3.03. The zero-order valence-electron chi connectivity index (χ0n) is 26.5. The summed E-state index contributed by atoms with van der Waals surface area (Å²) < 4.78 is 29.6. The molecule has 0 saturated carbocycles. The number of halogens is 1. The number of hydrogen-bond donors (Lipinski definition) is 5. The van der Waals surface area contributed by atoms with E-state index in [9.17, 15) is 30.3 Å². The number of fused-ring (bicyclic) bond motifs is 3. The Morgan fingerprint density at radius 3 is 2.60 bits per heavy atom. The molecule has 3 aliphatic heterocycles. The fraction of sp³-hybridized carbons (Fsp3) is 0.515. The Balaban J connectivity index is 1.44. The van der Waals surface area contributed by atoms with Gasteiger partial charge in [0.2, 0.25) is 0 Å². The molecule has 1 saturated heterocycles. The number of nitrogens with zero attached hydrogens (tertiary/aromatic N) is 2. The van der Waals surface area contributed by atoms with Crippen LogP contribution in [0.1, 0.15) is 62.1 Å². The lowest BCUT2D eigenvalue weighted by Gasteiger charge is -2.52. The first-order chi connectivity index (χ1) is 22.4. The van der Waals surface area contributed by atoms with Crippen molar-refractivity contribution in [2.45, 2.75) is 76.8 Å². The highest BCUT2D eigenvalue weighted by Crippen LogP contribution is 2.62. The number of rotatable bonds is 4. The van der Waals surface area contributed by atoms with Crippen LogP contribution in [-0.2, 0) is 34.9 Å². The van der Waals surface area contributed by atoms with Gasteiger partial charge in [0.25, 0.3) is 0 Å². The van der Waals surface area contributed by atoms with Crippen molar-refractivity contribution in [1.29, 1.82) is 0 Å². The predicted octanol–water partition coefficient (Wildman–Crippen LogP) is 2.87. The van der Waals surface area contributed by atoms with E-state index in [0.29, 0.717) is 28.8 Å². The van der Waals surface area contributed by atoms with Crippen LogP contribution < -0.4 is 0 Å². The van der Waals surface area contributed by atoms with Crippen LogP contribution in [0, 0.1) is 5.41 Å². The van der Waals surface area contributed by atoms with E-state index in [1.54, 1.807) is 13.0 Å². The Morgan fingerprint density at radius 2 is 1.91 bits per heavy atom. The van der Waals surface area contributed by atoms with E-state index in [4.69, 9.17) is 35.3 Å². The zero-order chi connectivity index (χ0) is 33.7. The van der Waals surface area contributed by atoms with Crippen LogP contribution in [0.3, 0.4) is 0 Å². The zero-order valence-corrected chi connectivity index (χ0v) is 27.3. The molecule has 0 amide bonds. The van der Waals surface area contributed by atoms with Crippen molar-refractivity contribution in [3.8, 4) is 5.75 Å². The Kier molecular flexibility index (Phi) is 7.84. The molecule has 7 rings (SSSR count). The molecule has 13 nitrogen and oxygen atoms in total. The lowest BCUT2D eigenvalue weighted by Crippen LogP contribution is -2.54. The summed E-state index contributed by atoms with van der Waals surface area (Å²) in [4.78, 5) is 12.0. The summed E-state index contributed by atoms with van der Waals surface area (Å²) in [5.41, 5.74) is 1.37. The molecule has 3 unspecified atom stereocenters. The number of methoxy groups -OCH3 is 2. The summed E-state index contributed by atoms with van der Waals surface area (Å²) in [7, 11) is 2.89. The molecule has 5 N–H and O–H groups in total. The van der Waals surface area contributed by atoms with Crippen molar-refractivity contribution in [3.63, 3.8) is 0 Å². The number of aromatic hydroxyl groups is 1. The standard InChI is InChI=1S/C33H37ClN2O11/c1-12(14(3)37)35-36-13(2)26(34)16-6-15-7-20-33(10-45-11-46-20)9-19-23(29(41)25(33)21(15)27(39)22(16)32(36)42)28(40)24-18(43-4)8-17(38)30(44-5)31(24)47-19/h6,17-18,20,28,30,32,38-42H,7-11H2,1-5H3/b35-12+/t17-,18+,20-,28?,30+,32?,33?/m1/s1. The summed E-state index contributed by atoms with van der Waals surface area (Å²) in [5.74, 6) is -0.502. The van der Waals surface area contributed by atoms with Crippen LogP contribution in [0.5, 0.6) is 5.75 Å². The number of hydrogen-bond acceptors (Lipinski definition) is 13. The molecule has 3 aliphatic carbocycles. The van der Waals surface area contributed by atoms with Gasteiger partial charge in [-0.2, -0.15) is 5.10 Å². The molecule has 0 bridgehead atoms. The number of aliphatic hydroxyl groups is 4. The minimum absolute atomic E-state index is 0.00576. The summed E-state index contributed by atoms with van der Waals surface area (Å²) in [6, 6.07) is 1.76. The Labute approximate surface area is 275 Å². The first kappa shape index (κ1) is 32.3. The molecule has 14 heteroatoms. The van der Waals surface area contributed by atoms with Gasteiger partial charge in [-0.3, -0.25) is 4.79 Å². The van der Waals surface area contributed by atoms with E-state index in [-0.39, 0.29) is 88.1 Å². The SMILES string of the molecule is CO[C@H]1C[C@@H](O)[C@H](OC)C2=C1C(O)C1=C(CC34COCO[C@@H]3Cc3cc5c(c(O)c3C4=C1O)C(O)N(/N=C(\C)C(C)=O)C(C)=C5Cl)O2.